The minimum Gasteiger partial charge on any atom is -0.348 e. The van der Waals surface area contributed by atoms with Crippen molar-refractivity contribution in [3.05, 3.63) is 35.1 Å². The van der Waals surface area contributed by atoms with E-state index in [0.717, 1.165) is 43.5 Å². The van der Waals surface area contributed by atoms with E-state index in [1.165, 1.54) is 5.69 Å². The Morgan fingerprint density at radius 2 is 2.32 bits per heavy atom. The van der Waals surface area contributed by atoms with Crippen LogP contribution in [0.3, 0.4) is 0 Å². The molecule has 5 nitrogen and oxygen atoms in total. The van der Waals surface area contributed by atoms with Crippen molar-refractivity contribution < 1.29 is 4.79 Å². The number of hydrogen-bond donors (Lipinski definition) is 0. The van der Waals surface area contributed by atoms with Crippen LogP contribution in [0, 0.1) is 0 Å². The van der Waals surface area contributed by atoms with Gasteiger partial charge in [-0.15, -0.1) is 0 Å². The SMILES string of the molecule is CC1c2cccn2CCN1C(=O)CC1=CSC2=NCCCN12. The summed E-state index contributed by atoms with van der Waals surface area (Å²) in [6.07, 6.45) is 3.65. The molecule has 22 heavy (non-hydrogen) atoms. The van der Waals surface area contributed by atoms with Crippen molar-refractivity contribution in [2.75, 3.05) is 19.6 Å². The fourth-order valence-corrected chi connectivity index (χ4v) is 4.40. The summed E-state index contributed by atoms with van der Waals surface area (Å²) in [5, 5.41) is 3.16. The van der Waals surface area contributed by atoms with Gasteiger partial charge in [-0.05, 0) is 30.9 Å². The van der Waals surface area contributed by atoms with Crippen molar-refractivity contribution in [3.8, 4) is 0 Å². The Hall–Kier alpha value is -1.69. The summed E-state index contributed by atoms with van der Waals surface area (Å²) in [5.74, 6) is 0.221. The monoisotopic (exact) mass is 316 g/mol. The highest BCUT2D eigenvalue weighted by Gasteiger charge is 2.31. The van der Waals surface area contributed by atoms with Gasteiger partial charge in [0.25, 0.3) is 0 Å². The van der Waals surface area contributed by atoms with Gasteiger partial charge in [0.2, 0.25) is 5.91 Å². The number of hydrogen-bond acceptors (Lipinski definition) is 4. The number of carbonyl (C=O) groups is 1. The average molecular weight is 316 g/mol. The molecule has 4 heterocycles. The van der Waals surface area contributed by atoms with Gasteiger partial charge in [-0.25, -0.2) is 0 Å². The van der Waals surface area contributed by atoms with Gasteiger partial charge >= 0.3 is 0 Å². The first-order valence-electron chi connectivity index (χ1n) is 7.86. The lowest BCUT2D eigenvalue weighted by molar-refractivity contribution is -0.133. The van der Waals surface area contributed by atoms with E-state index in [1.54, 1.807) is 11.8 Å². The number of rotatable bonds is 2. The maximum atomic E-state index is 12.8. The second kappa shape index (κ2) is 5.50. The van der Waals surface area contributed by atoms with Crippen LogP contribution in [0.2, 0.25) is 0 Å². The van der Waals surface area contributed by atoms with E-state index >= 15 is 0 Å². The zero-order valence-corrected chi connectivity index (χ0v) is 13.6. The van der Waals surface area contributed by atoms with Crippen molar-refractivity contribution in [1.29, 1.82) is 0 Å². The summed E-state index contributed by atoms with van der Waals surface area (Å²) in [7, 11) is 0. The summed E-state index contributed by atoms with van der Waals surface area (Å²) in [4.78, 5) is 21.5. The van der Waals surface area contributed by atoms with Crippen molar-refractivity contribution in [2.24, 2.45) is 4.99 Å². The predicted molar refractivity (Wildman–Crippen MR) is 88.5 cm³/mol. The normalized spacial score (nSPS) is 23.8. The Bertz CT molecular complexity index is 663. The van der Waals surface area contributed by atoms with Crippen molar-refractivity contribution in [2.45, 2.75) is 32.4 Å². The summed E-state index contributed by atoms with van der Waals surface area (Å²) in [6.45, 7) is 5.71. The zero-order valence-electron chi connectivity index (χ0n) is 12.7. The molecule has 0 N–H and O–H groups in total. The fourth-order valence-electron chi connectivity index (χ4n) is 3.45. The highest BCUT2D eigenvalue weighted by atomic mass is 32.2. The molecular formula is C16H20N4OS. The van der Waals surface area contributed by atoms with Crippen molar-refractivity contribution >= 4 is 22.8 Å². The molecule has 6 heteroatoms. The van der Waals surface area contributed by atoms with Crippen LogP contribution >= 0.6 is 11.8 Å². The summed E-state index contributed by atoms with van der Waals surface area (Å²) in [5.41, 5.74) is 2.34. The lowest BCUT2D eigenvalue weighted by atomic mass is 10.1. The molecular weight excluding hydrogens is 296 g/mol. The average Bonchev–Trinajstić information content (AvgIpc) is 3.15. The first kappa shape index (κ1) is 13.9. The molecule has 4 rings (SSSR count). The molecule has 0 radical (unpaired) electrons. The Kier molecular flexibility index (Phi) is 3.48. The number of nitrogens with zero attached hydrogens (tertiary/aromatic N) is 4. The summed E-state index contributed by atoms with van der Waals surface area (Å²) in [6, 6.07) is 4.33. The molecule has 0 spiro atoms. The largest absolute Gasteiger partial charge is 0.348 e. The number of thioether (sulfide) groups is 1. The van der Waals surface area contributed by atoms with Crippen LogP contribution in [0.4, 0.5) is 0 Å². The molecule has 1 aromatic heterocycles. The first-order valence-corrected chi connectivity index (χ1v) is 8.74. The van der Waals surface area contributed by atoms with E-state index in [4.69, 9.17) is 0 Å². The number of fused-ring (bicyclic) bond motifs is 2. The second-order valence-corrected chi connectivity index (χ2v) is 6.80. The van der Waals surface area contributed by atoms with Crippen LogP contribution in [0.1, 0.15) is 31.5 Å². The highest BCUT2D eigenvalue weighted by Crippen LogP contribution is 2.32. The molecule has 3 aliphatic rings. The smallest absolute Gasteiger partial charge is 0.229 e. The number of aromatic nitrogens is 1. The van der Waals surface area contributed by atoms with Crippen LogP contribution in [-0.2, 0) is 11.3 Å². The van der Waals surface area contributed by atoms with Crippen LogP contribution in [0.5, 0.6) is 0 Å². The quantitative estimate of drug-likeness (QED) is 0.841. The Balaban J connectivity index is 1.47. The van der Waals surface area contributed by atoms with E-state index < -0.39 is 0 Å². The van der Waals surface area contributed by atoms with Crippen molar-refractivity contribution in [1.82, 2.24) is 14.4 Å². The molecule has 0 saturated carbocycles. The number of aliphatic imine (C=N–C) groups is 1. The van der Waals surface area contributed by atoms with Crippen LogP contribution in [0.25, 0.3) is 0 Å². The van der Waals surface area contributed by atoms with Crippen molar-refractivity contribution in [3.63, 3.8) is 0 Å². The Labute approximate surface area is 134 Å². The molecule has 0 fully saturated rings. The van der Waals surface area contributed by atoms with Gasteiger partial charge in [0.05, 0.1) is 12.5 Å². The standard InChI is InChI=1S/C16H20N4OS/c1-12-14-4-2-6-18(14)8-9-19(12)15(21)10-13-11-22-16-17-5-3-7-20(13)16/h2,4,6,11-12H,3,5,7-10H2,1H3. The predicted octanol–water partition coefficient (Wildman–Crippen LogP) is 2.43. The van der Waals surface area contributed by atoms with Gasteiger partial charge in [0, 0.05) is 43.8 Å². The summed E-state index contributed by atoms with van der Waals surface area (Å²) < 4.78 is 2.24. The van der Waals surface area contributed by atoms with Crippen LogP contribution in [-0.4, -0.2) is 45.1 Å². The number of carbonyl (C=O) groups excluding carboxylic acids is 1. The van der Waals surface area contributed by atoms with Gasteiger partial charge < -0.3 is 14.4 Å². The maximum absolute atomic E-state index is 12.8. The lowest BCUT2D eigenvalue weighted by Gasteiger charge is -2.35. The van der Waals surface area contributed by atoms with E-state index in [0.29, 0.717) is 6.42 Å². The van der Waals surface area contributed by atoms with Crippen LogP contribution < -0.4 is 0 Å². The third kappa shape index (κ3) is 2.26. The lowest BCUT2D eigenvalue weighted by Crippen LogP contribution is -2.41. The fraction of sp³-hybridized carbons (Fsp3) is 0.500. The molecule has 0 aliphatic carbocycles. The molecule has 1 unspecified atom stereocenters. The topological polar surface area (TPSA) is 40.8 Å². The van der Waals surface area contributed by atoms with Crippen LogP contribution in [0.15, 0.2) is 34.4 Å². The molecule has 0 aromatic carbocycles. The minimum atomic E-state index is 0.153. The number of amides is 1. The molecule has 116 valence electrons. The molecule has 0 saturated heterocycles. The zero-order chi connectivity index (χ0) is 15.1. The highest BCUT2D eigenvalue weighted by molar-refractivity contribution is 8.16. The Morgan fingerprint density at radius 3 is 3.23 bits per heavy atom. The molecule has 1 amide bonds. The van der Waals surface area contributed by atoms with E-state index in [-0.39, 0.29) is 11.9 Å². The van der Waals surface area contributed by atoms with E-state index in [1.807, 2.05) is 4.90 Å². The van der Waals surface area contributed by atoms with Gasteiger partial charge in [-0.3, -0.25) is 9.79 Å². The Morgan fingerprint density at radius 1 is 1.41 bits per heavy atom. The number of amidine groups is 1. The second-order valence-electron chi connectivity index (χ2n) is 5.96. The molecule has 1 aromatic rings. The third-order valence-electron chi connectivity index (χ3n) is 4.66. The first-order chi connectivity index (χ1) is 10.7. The molecule has 0 bridgehead atoms. The maximum Gasteiger partial charge on any atom is 0.229 e. The van der Waals surface area contributed by atoms with E-state index in [2.05, 4.69) is 45.1 Å². The third-order valence-corrected chi connectivity index (χ3v) is 5.61. The van der Waals surface area contributed by atoms with Gasteiger partial charge in [0.1, 0.15) is 0 Å². The molecule has 1 atom stereocenters. The molecule has 3 aliphatic heterocycles. The van der Waals surface area contributed by atoms with Gasteiger partial charge in [-0.1, -0.05) is 11.8 Å². The van der Waals surface area contributed by atoms with Gasteiger partial charge in [0.15, 0.2) is 5.17 Å². The van der Waals surface area contributed by atoms with Gasteiger partial charge in [-0.2, -0.15) is 0 Å². The minimum absolute atomic E-state index is 0.153. The van der Waals surface area contributed by atoms with E-state index in [9.17, 15) is 4.79 Å². The summed E-state index contributed by atoms with van der Waals surface area (Å²) >= 11 is 1.65.